The molecule has 0 amide bonds. The number of carbonyl (C=O) groups excluding carboxylic acids is 1. The average Bonchev–Trinajstić information content (AvgIpc) is 2.82. The maximum absolute atomic E-state index is 12.8. The molecule has 0 aliphatic heterocycles. The zero-order valence-corrected chi connectivity index (χ0v) is 18.1. The topological polar surface area (TPSA) is 98.6 Å². The summed E-state index contributed by atoms with van der Waals surface area (Å²) in [6.45, 7) is 0. The molecule has 1 heterocycles. The summed E-state index contributed by atoms with van der Waals surface area (Å²) >= 11 is 0. The first-order valence-corrected chi connectivity index (χ1v) is 11.1. The molecule has 0 unspecified atom stereocenters. The third-order valence-corrected chi connectivity index (χ3v) is 6.76. The summed E-state index contributed by atoms with van der Waals surface area (Å²) in [4.78, 5) is 25.2. The normalized spacial score (nSPS) is 11.3. The van der Waals surface area contributed by atoms with E-state index in [4.69, 9.17) is 4.74 Å². The Morgan fingerprint density at radius 3 is 2.16 bits per heavy atom. The molecule has 4 aromatic rings. The number of aromatic nitrogens is 2. The minimum atomic E-state index is -3.72. The number of nitrogens with zero attached hydrogens (tertiary/aromatic N) is 3. The second-order valence-electron chi connectivity index (χ2n) is 6.99. The Kier molecular flexibility index (Phi) is 5.50. The predicted molar refractivity (Wildman–Crippen MR) is 120 cm³/mol. The van der Waals surface area contributed by atoms with Crippen LogP contribution in [0.5, 0.6) is 5.75 Å². The van der Waals surface area contributed by atoms with Crippen molar-refractivity contribution in [3.05, 3.63) is 94.9 Å². The highest BCUT2D eigenvalue weighted by atomic mass is 32.2. The fourth-order valence-electron chi connectivity index (χ4n) is 3.22. The SMILES string of the molecule is CN(c1ccc(OC(=O)c2nn(C)c(=O)c3ccccc23)cc1)S(=O)(=O)c1ccccc1. The van der Waals surface area contributed by atoms with E-state index in [0.717, 1.165) is 8.99 Å². The summed E-state index contributed by atoms with van der Waals surface area (Å²) in [6.07, 6.45) is 0. The van der Waals surface area contributed by atoms with E-state index in [-0.39, 0.29) is 21.9 Å². The molecular formula is C23H19N3O5S. The van der Waals surface area contributed by atoms with Gasteiger partial charge in [0.05, 0.1) is 16.0 Å². The molecule has 0 bridgehead atoms. The first-order valence-electron chi connectivity index (χ1n) is 9.61. The largest absolute Gasteiger partial charge is 0.422 e. The highest BCUT2D eigenvalue weighted by Crippen LogP contribution is 2.25. The number of hydrogen-bond acceptors (Lipinski definition) is 6. The molecule has 4 rings (SSSR count). The van der Waals surface area contributed by atoms with Crippen molar-refractivity contribution in [1.82, 2.24) is 9.78 Å². The van der Waals surface area contributed by atoms with Crippen molar-refractivity contribution in [3.63, 3.8) is 0 Å². The second-order valence-corrected chi connectivity index (χ2v) is 8.96. The maximum Gasteiger partial charge on any atom is 0.364 e. The molecule has 0 saturated carbocycles. The van der Waals surface area contributed by atoms with Gasteiger partial charge in [-0.25, -0.2) is 17.9 Å². The number of aryl methyl sites for hydroxylation is 1. The third-order valence-electron chi connectivity index (χ3n) is 4.96. The number of carbonyl (C=O) groups is 1. The predicted octanol–water partition coefficient (Wildman–Crippen LogP) is 2.98. The number of rotatable bonds is 5. The van der Waals surface area contributed by atoms with Crippen molar-refractivity contribution >= 4 is 32.5 Å². The van der Waals surface area contributed by atoms with Gasteiger partial charge < -0.3 is 4.74 Å². The van der Waals surface area contributed by atoms with Gasteiger partial charge in [-0.05, 0) is 42.5 Å². The summed E-state index contributed by atoms with van der Waals surface area (Å²) in [6, 6.07) is 20.8. The van der Waals surface area contributed by atoms with E-state index in [0.29, 0.717) is 16.5 Å². The van der Waals surface area contributed by atoms with E-state index in [2.05, 4.69) is 5.10 Å². The maximum atomic E-state index is 12.8. The van der Waals surface area contributed by atoms with Gasteiger partial charge in [-0.15, -0.1) is 0 Å². The quantitative estimate of drug-likeness (QED) is 0.343. The monoisotopic (exact) mass is 449 g/mol. The third kappa shape index (κ3) is 3.85. The molecule has 32 heavy (non-hydrogen) atoms. The van der Waals surface area contributed by atoms with E-state index in [1.807, 2.05) is 0 Å². The van der Waals surface area contributed by atoms with Gasteiger partial charge in [0, 0.05) is 19.5 Å². The lowest BCUT2D eigenvalue weighted by Crippen LogP contribution is -2.26. The number of sulfonamides is 1. The van der Waals surface area contributed by atoms with Crippen molar-refractivity contribution < 1.29 is 17.9 Å². The molecule has 0 N–H and O–H groups in total. The van der Waals surface area contributed by atoms with Crippen LogP contribution >= 0.6 is 0 Å². The standard InChI is InChI=1S/C23H19N3O5S/c1-25-22(27)20-11-7-6-10-19(20)21(24-25)23(28)31-17-14-12-16(13-15-17)26(2)32(29,30)18-8-4-3-5-9-18/h3-15H,1-2H3. The zero-order chi connectivity index (χ0) is 22.9. The van der Waals surface area contributed by atoms with Crippen molar-refractivity contribution in [3.8, 4) is 5.75 Å². The Hall–Kier alpha value is -3.98. The highest BCUT2D eigenvalue weighted by Gasteiger charge is 2.21. The minimum Gasteiger partial charge on any atom is -0.422 e. The van der Waals surface area contributed by atoms with Gasteiger partial charge in [-0.1, -0.05) is 36.4 Å². The smallest absolute Gasteiger partial charge is 0.364 e. The number of fused-ring (bicyclic) bond motifs is 1. The lowest BCUT2D eigenvalue weighted by molar-refractivity contribution is 0.0728. The second kappa shape index (κ2) is 8.27. The van der Waals surface area contributed by atoms with Crippen molar-refractivity contribution in [1.29, 1.82) is 0 Å². The molecule has 0 spiro atoms. The summed E-state index contributed by atoms with van der Waals surface area (Å²) < 4.78 is 33.2. The molecule has 0 saturated heterocycles. The van der Waals surface area contributed by atoms with Crippen LogP contribution in [0.2, 0.25) is 0 Å². The van der Waals surface area contributed by atoms with Gasteiger partial charge in [0.25, 0.3) is 15.6 Å². The van der Waals surface area contributed by atoms with Crippen LogP contribution in [-0.2, 0) is 17.1 Å². The Labute approximate surface area is 184 Å². The number of ether oxygens (including phenoxy) is 1. The van der Waals surface area contributed by atoms with Gasteiger partial charge in [-0.2, -0.15) is 5.10 Å². The zero-order valence-electron chi connectivity index (χ0n) is 17.3. The minimum absolute atomic E-state index is 0.00977. The van der Waals surface area contributed by atoms with Gasteiger partial charge >= 0.3 is 5.97 Å². The number of hydrogen-bond donors (Lipinski definition) is 0. The molecule has 0 aliphatic rings. The van der Waals surface area contributed by atoms with E-state index in [1.54, 1.807) is 42.5 Å². The summed E-state index contributed by atoms with van der Waals surface area (Å²) in [5.41, 5.74) is 0.0963. The van der Waals surface area contributed by atoms with Gasteiger partial charge in [0.15, 0.2) is 5.69 Å². The lowest BCUT2D eigenvalue weighted by Gasteiger charge is -2.19. The number of benzene rings is 3. The highest BCUT2D eigenvalue weighted by molar-refractivity contribution is 7.92. The van der Waals surface area contributed by atoms with Crippen molar-refractivity contribution in [2.45, 2.75) is 4.90 Å². The van der Waals surface area contributed by atoms with Crippen LogP contribution < -0.4 is 14.6 Å². The van der Waals surface area contributed by atoms with Crippen LogP contribution in [0.3, 0.4) is 0 Å². The van der Waals surface area contributed by atoms with Crippen molar-refractivity contribution in [2.24, 2.45) is 7.05 Å². The van der Waals surface area contributed by atoms with Crippen LogP contribution in [0.25, 0.3) is 10.8 Å². The molecule has 162 valence electrons. The van der Waals surface area contributed by atoms with E-state index < -0.39 is 16.0 Å². The Morgan fingerprint density at radius 2 is 1.50 bits per heavy atom. The van der Waals surface area contributed by atoms with E-state index in [9.17, 15) is 18.0 Å². The number of anilines is 1. The molecule has 8 nitrogen and oxygen atoms in total. The van der Waals surface area contributed by atoms with Crippen LogP contribution in [0.1, 0.15) is 10.5 Å². The Balaban J connectivity index is 1.59. The first kappa shape index (κ1) is 21.3. The number of esters is 1. The molecule has 0 atom stereocenters. The fourth-order valence-corrected chi connectivity index (χ4v) is 4.44. The summed E-state index contributed by atoms with van der Waals surface area (Å²) in [5.74, 6) is -0.515. The van der Waals surface area contributed by atoms with E-state index >= 15 is 0 Å². The van der Waals surface area contributed by atoms with Crippen LogP contribution in [0.15, 0.2) is 88.6 Å². The Bertz CT molecular complexity index is 1460. The molecule has 0 aliphatic carbocycles. The summed E-state index contributed by atoms with van der Waals surface area (Å²) in [5, 5.41) is 4.81. The van der Waals surface area contributed by atoms with Gasteiger partial charge in [-0.3, -0.25) is 9.10 Å². The van der Waals surface area contributed by atoms with E-state index in [1.165, 1.54) is 50.5 Å². The van der Waals surface area contributed by atoms with Crippen LogP contribution in [-0.4, -0.2) is 31.2 Å². The molecule has 9 heteroatoms. The van der Waals surface area contributed by atoms with Gasteiger partial charge in [0.1, 0.15) is 5.75 Å². The summed E-state index contributed by atoms with van der Waals surface area (Å²) in [7, 11) is -0.811. The molecule has 3 aromatic carbocycles. The molecule has 1 aromatic heterocycles. The molecule has 0 radical (unpaired) electrons. The average molecular weight is 449 g/mol. The fraction of sp³-hybridized carbons (Fsp3) is 0.0870. The Morgan fingerprint density at radius 1 is 0.906 bits per heavy atom. The van der Waals surface area contributed by atoms with Crippen LogP contribution in [0, 0.1) is 0 Å². The van der Waals surface area contributed by atoms with Crippen molar-refractivity contribution in [2.75, 3.05) is 11.4 Å². The lowest BCUT2D eigenvalue weighted by atomic mass is 10.1. The molecule has 0 fully saturated rings. The van der Waals surface area contributed by atoms with Crippen LogP contribution in [0.4, 0.5) is 5.69 Å². The molecular weight excluding hydrogens is 430 g/mol. The van der Waals surface area contributed by atoms with Gasteiger partial charge in [0.2, 0.25) is 0 Å². The first-order chi connectivity index (χ1) is 15.3.